The van der Waals surface area contributed by atoms with Crippen molar-refractivity contribution >= 4 is 32.4 Å². The number of amides is 2. The molecule has 7 heteroatoms. The van der Waals surface area contributed by atoms with E-state index in [2.05, 4.69) is 10.6 Å². The maximum absolute atomic E-state index is 12.4. The van der Waals surface area contributed by atoms with Crippen LogP contribution in [0.4, 0.5) is 4.79 Å². The smallest absolute Gasteiger partial charge is 0.281 e. The molecule has 3 saturated carbocycles. The van der Waals surface area contributed by atoms with Crippen molar-refractivity contribution in [3.63, 3.8) is 0 Å². The summed E-state index contributed by atoms with van der Waals surface area (Å²) < 4.78 is 11.2. The van der Waals surface area contributed by atoms with Crippen LogP contribution in [0, 0.1) is 0 Å². The van der Waals surface area contributed by atoms with Crippen LogP contribution in [0.1, 0.15) is 19.3 Å². The largest absolute Gasteiger partial charge is 0.485 e. The second kappa shape index (κ2) is 4.74. The summed E-state index contributed by atoms with van der Waals surface area (Å²) in [6, 6.07) is 7.33. The maximum Gasteiger partial charge on any atom is 0.281 e. The highest BCUT2D eigenvalue weighted by atomic mass is 127. The van der Waals surface area contributed by atoms with Gasteiger partial charge in [0.05, 0.1) is 0 Å². The summed E-state index contributed by atoms with van der Waals surface area (Å²) in [5.41, 5.74) is -0.265. The van der Waals surface area contributed by atoms with Gasteiger partial charge in [-0.2, -0.15) is 0 Å². The zero-order chi connectivity index (χ0) is 15.4. The first kappa shape index (κ1) is 14.1. The highest BCUT2D eigenvalue weighted by molar-refractivity contribution is 14.1. The predicted octanol–water partition coefficient (Wildman–Crippen LogP) is 1.76. The van der Waals surface area contributed by atoms with Gasteiger partial charge in [-0.1, -0.05) is 12.1 Å². The summed E-state index contributed by atoms with van der Waals surface area (Å²) in [5.74, 6) is 1.12. The molecule has 0 spiro atoms. The molecule has 1 aromatic carbocycles. The molecule has 3 aliphatic carbocycles. The normalized spacial score (nSPS) is 34.0. The third-order valence-electron chi connectivity index (χ3n) is 4.58. The van der Waals surface area contributed by atoms with E-state index in [0.29, 0.717) is 11.5 Å². The van der Waals surface area contributed by atoms with E-state index in [9.17, 15) is 9.59 Å². The van der Waals surface area contributed by atoms with Gasteiger partial charge in [-0.05, 0) is 31.4 Å². The minimum absolute atomic E-state index is 0.0437. The lowest BCUT2D eigenvalue weighted by molar-refractivity contribution is -0.147. The molecular weight excluding hydrogens is 399 g/mol. The minimum Gasteiger partial charge on any atom is -0.485 e. The van der Waals surface area contributed by atoms with Crippen LogP contribution in [0.5, 0.6) is 11.5 Å². The number of nitrogens with one attached hydrogen (secondary N) is 2. The van der Waals surface area contributed by atoms with Crippen LogP contribution in [0.15, 0.2) is 24.3 Å². The van der Waals surface area contributed by atoms with Crippen LogP contribution in [-0.2, 0) is 4.79 Å². The molecule has 0 saturated heterocycles. The van der Waals surface area contributed by atoms with Gasteiger partial charge < -0.3 is 20.1 Å². The lowest BCUT2D eigenvalue weighted by atomic mass is 9.44. The van der Waals surface area contributed by atoms with Crippen LogP contribution in [0.2, 0.25) is 0 Å². The second-order valence-electron chi connectivity index (χ2n) is 6.34. The summed E-state index contributed by atoms with van der Waals surface area (Å²) in [4.78, 5) is 23.5. The number of rotatable bonds is 3. The summed E-state index contributed by atoms with van der Waals surface area (Å²) >= 11 is 1.74. The maximum atomic E-state index is 12.4. The quantitative estimate of drug-likeness (QED) is 0.449. The van der Waals surface area contributed by atoms with E-state index in [1.54, 1.807) is 28.7 Å². The fourth-order valence-electron chi connectivity index (χ4n) is 3.75. The fourth-order valence-corrected chi connectivity index (χ4v) is 4.32. The molecule has 1 aliphatic heterocycles. The lowest BCUT2D eigenvalue weighted by Crippen LogP contribution is -2.84. The number of ether oxygens (including phenoxy) is 2. The van der Waals surface area contributed by atoms with Gasteiger partial charge >= 0.3 is 0 Å². The topological polar surface area (TPSA) is 76.7 Å². The number of hydrogen-bond acceptors (Lipinski definition) is 4. The highest BCUT2D eigenvalue weighted by Gasteiger charge is 2.69. The SMILES string of the molecule is O=C(I)NC12CC(NC(=O)C3COc4ccccc4O3)(C1)C2. The van der Waals surface area contributed by atoms with Crippen molar-refractivity contribution in [3.8, 4) is 11.5 Å². The van der Waals surface area contributed by atoms with Crippen LogP contribution in [0.25, 0.3) is 0 Å². The predicted molar refractivity (Wildman–Crippen MR) is 86.4 cm³/mol. The van der Waals surface area contributed by atoms with Crippen molar-refractivity contribution < 1.29 is 19.1 Å². The van der Waals surface area contributed by atoms with Gasteiger partial charge in [0.25, 0.3) is 9.82 Å². The molecule has 1 heterocycles. The third-order valence-corrected chi connectivity index (χ3v) is 4.85. The molecule has 0 radical (unpaired) electrons. The molecule has 1 aromatic rings. The van der Waals surface area contributed by atoms with Gasteiger partial charge in [0.1, 0.15) is 6.61 Å². The Kier molecular flexibility index (Phi) is 3.04. The molecule has 3 fully saturated rings. The van der Waals surface area contributed by atoms with Crippen molar-refractivity contribution in [1.29, 1.82) is 0 Å². The number of para-hydroxylation sites is 2. The van der Waals surface area contributed by atoms with E-state index in [1.165, 1.54) is 0 Å². The van der Waals surface area contributed by atoms with E-state index in [1.807, 2.05) is 18.2 Å². The van der Waals surface area contributed by atoms with Gasteiger partial charge in [-0.3, -0.25) is 9.59 Å². The zero-order valence-electron chi connectivity index (χ0n) is 11.7. The van der Waals surface area contributed by atoms with E-state index >= 15 is 0 Å². The van der Waals surface area contributed by atoms with Crippen LogP contribution < -0.4 is 20.1 Å². The zero-order valence-corrected chi connectivity index (χ0v) is 13.9. The number of hydrogen-bond donors (Lipinski definition) is 2. The first-order valence-corrected chi connectivity index (χ1v) is 8.25. The van der Waals surface area contributed by atoms with Gasteiger partial charge in [0.15, 0.2) is 11.5 Å². The standard InChI is InChI=1S/C15H15IN2O4/c16-13(20)18-15-6-14(7-15,8-15)17-12(19)11-5-21-9-3-1-2-4-10(9)22-11/h1-4,11H,5-8H2,(H,17,19)(H,18,20). The van der Waals surface area contributed by atoms with E-state index in [-0.39, 0.29) is 27.5 Å². The van der Waals surface area contributed by atoms with Gasteiger partial charge in [-0.25, -0.2) is 0 Å². The summed E-state index contributed by atoms with van der Waals surface area (Å²) in [7, 11) is 0. The highest BCUT2D eigenvalue weighted by Crippen LogP contribution is 2.60. The Morgan fingerprint density at radius 1 is 1.09 bits per heavy atom. The van der Waals surface area contributed by atoms with Gasteiger partial charge in [-0.15, -0.1) is 0 Å². The monoisotopic (exact) mass is 414 g/mol. The van der Waals surface area contributed by atoms with Crippen LogP contribution in [-0.4, -0.2) is 33.6 Å². The lowest BCUT2D eigenvalue weighted by Gasteiger charge is -2.70. The first-order chi connectivity index (χ1) is 10.5. The molecule has 4 aliphatic rings. The Morgan fingerprint density at radius 2 is 1.73 bits per heavy atom. The molecular formula is C15H15IN2O4. The van der Waals surface area contributed by atoms with E-state index in [0.717, 1.165) is 19.3 Å². The first-order valence-electron chi connectivity index (χ1n) is 7.18. The number of halogens is 1. The Bertz CT molecular complexity index is 643. The molecule has 0 aromatic heterocycles. The average molecular weight is 414 g/mol. The Hall–Kier alpha value is -1.51. The van der Waals surface area contributed by atoms with E-state index in [4.69, 9.17) is 9.47 Å². The minimum atomic E-state index is -0.626. The van der Waals surface area contributed by atoms with Crippen molar-refractivity contribution in [2.75, 3.05) is 6.61 Å². The molecule has 116 valence electrons. The average Bonchev–Trinajstić information content (AvgIpc) is 2.42. The Balaban J connectivity index is 1.35. The van der Waals surface area contributed by atoms with Crippen molar-refractivity contribution in [2.45, 2.75) is 36.4 Å². The fraction of sp³-hybridized carbons (Fsp3) is 0.467. The number of carbonyl (C=O) groups is 2. The molecule has 2 bridgehead atoms. The number of carbonyl (C=O) groups excluding carboxylic acids is 2. The Labute approximate surface area is 141 Å². The van der Waals surface area contributed by atoms with Crippen LogP contribution in [0.3, 0.4) is 0 Å². The van der Waals surface area contributed by atoms with Crippen molar-refractivity contribution in [1.82, 2.24) is 10.6 Å². The molecule has 5 rings (SSSR count). The van der Waals surface area contributed by atoms with Crippen LogP contribution >= 0.6 is 22.6 Å². The molecule has 2 amide bonds. The van der Waals surface area contributed by atoms with Gasteiger partial charge in [0.2, 0.25) is 6.10 Å². The molecule has 6 nitrogen and oxygen atoms in total. The summed E-state index contributed by atoms with van der Waals surface area (Å²) in [6.45, 7) is 0.217. The second-order valence-corrected chi connectivity index (χ2v) is 7.32. The van der Waals surface area contributed by atoms with Crippen molar-refractivity contribution in [2.24, 2.45) is 0 Å². The molecule has 22 heavy (non-hydrogen) atoms. The molecule has 1 unspecified atom stereocenters. The van der Waals surface area contributed by atoms with Crippen molar-refractivity contribution in [3.05, 3.63) is 24.3 Å². The number of benzene rings is 1. The number of fused-ring (bicyclic) bond motifs is 1. The molecule has 2 N–H and O–H groups in total. The Morgan fingerprint density at radius 3 is 2.41 bits per heavy atom. The third kappa shape index (κ3) is 2.22. The summed E-state index contributed by atoms with van der Waals surface area (Å²) in [6.07, 6.45) is 1.76. The summed E-state index contributed by atoms with van der Waals surface area (Å²) in [5, 5.41) is 6.01. The molecule has 1 atom stereocenters. The van der Waals surface area contributed by atoms with Gasteiger partial charge in [0, 0.05) is 33.7 Å². The van der Waals surface area contributed by atoms with E-state index < -0.39 is 6.10 Å².